The molecular formula is C16H25Cl2N3O3. The summed E-state index contributed by atoms with van der Waals surface area (Å²) in [7, 11) is 0. The second kappa shape index (κ2) is 11.1. The minimum absolute atomic E-state index is 0. The molecule has 1 rings (SSSR count). The average molecular weight is 378 g/mol. The van der Waals surface area contributed by atoms with Gasteiger partial charge in [-0.1, -0.05) is 37.6 Å². The first-order chi connectivity index (χ1) is 10.8. The summed E-state index contributed by atoms with van der Waals surface area (Å²) >= 11 is 6.00. The summed E-state index contributed by atoms with van der Waals surface area (Å²) in [5, 5.41) is 5.71. The van der Waals surface area contributed by atoms with Gasteiger partial charge in [-0.2, -0.15) is 0 Å². The molecule has 0 heterocycles. The molecule has 0 fully saturated rings. The second-order valence-corrected chi connectivity index (χ2v) is 6.06. The molecule has 0 saturated carbocycles. The first kappa shape index (κ1) is 22.5. The number of carbonyl (C=O) groups is 2. The lowest BCUT2D eigenvalue weighted by molar-refractivity contribution is -0.127. The Labute approximate surface area is 153 Å². The van der Waals surface area contributed by atoms with E-state index in [1.165, 1.54) is 0 Å². The highest BCUT2D eigenvalue weighted by atomic mass is 35.5. The molecule has 24 heavy (non-hydrogen) atoms. The molecule has 6 nitrogen and oxygen atoms in total. The summed E-state index contributed by atoms with van der Waals surface area (Å²) in [4.78, 5) is 23.4. The van der Waals surface area contributed by atoms with Crippen LogP contribution in [0.3, 0.4) is 0 Å². The average Bonchev–Trinajstić information content (AvgIpc) is 2.51. The largest absolute Gasteiger partial charge is 0.487 e. The standard InChI is InChI=1S/C16H24ClN3O3.ClH/c1-10(2)15(18)16(22)20-9-14(21)19-8-11(3)23-13-7-5-4-6-12(13)17;/h4-7,10-11,15H,8-9,18H2,1-3H3,(H,19,21)(H,20,22);1H/t11?,15-;/m0./s1. The number of benzene rings is 1. The van der Waals surface area contributed by atoms with Crippen molar-refractivity contribution in [3.8, 4) is 5.75 Å². The van der Waals surface area contributed by atoms with Crippen molar-refractivity contribution in [2.75, 3.05) is 13.1 Å². The molecule has 0 aliphatic rings. The van der Waals surface area contributed by atoms with Crippen LogP contribution in [0.2, 0.25) is 5.02 Å². The van der Waals surface area contributed by atoms with Crippen LogP contribution in [0.5, 0.6) is 5.75 Å². The third-order valence-electron chi connectivity index (χ3n) is 3.20. The molecule has 0 radical (unpaired) electrons. The van der Waals surface area contributed by atoms with Gasteiger partial charge in [0.15, 0.2) is 0 Å². The zero-order chi connectivity index (χ0) is 17.4. The maximum Gasteiger partial charge on any atom is 0.239 e. The molecule has 2 amide bonds. The van der Waals surface area contributed by atoms with Crippen molar-refractivity contribution in [3.05, 3.63) is 29.3 Å². The molecule has 4 N–H and O–H groups in total. The molecule has 1 aromatic carbocycles. The number of ether oxygens (including phenoxy) is 1. The van der Waals surface area contributed by atoms with Gasteiger partial charge in [-0.15, -0.1) is 12.4 Å². The number of amides is 2. The molecule has 136 valence electrons. The summed E-state index contributed by atoms with van der Waals surface area (Å²) in [6.45, 7) is 5.70. The lowest BCUT2D eigenvalue weighted by Gasteiger charge is -2.17. The summed E-state index contributed by atoms with van der Waals surface area (Å²) in [6.07, 6.45) is -0.257. The van der Waals surface area contributed by atoms with Crippen LogP contribution in [0.25, 0.3) is 0 Å². The van der Waals surface area contributed by atoms with E-state index in [9.17, 15) is 9.59 Å². The van der Waals surface area contributed by atoms with Gasteiger partial charge in [0.25, 0.3) is 0 Å². The van der Waals surface area contributed by atoms with Gasteiger partial charge in [0, 0.05) is 0 Å². The molecule has 8 heteroatoms. The van der Waals surface area contributed by atoms with Crippen LogP contribution in [0.1, 0.15) is 20.8 Å². The fraction of sp³-hybridized carbons (Fsp3) is 0.500. The van der Waals surface area contributed by atoms with Gasteiger partial charge < -0.3 is 21.1 Å². The van der Waals surface area contributed by atoms with Gasteiger partial charge in [0.2, 0.25) is 11.8 Å². The lowest BCUT2D eigenvalue weighted by atomic mass is 10.1. The van der Waals surface area contributed by atoms with E-state index in [2.05, 4.69) is 10.6 Å². The van der Waals surface area contributed by atoms with E-state index in [1.807, 2.05) is 32.9 Å². The highest BCUT2D eigenvalue weighted by Gasteiger charge is 2.17. The Hall–Kier alpha value is -1.50. The van der Waals surface area contributed by atoms with Crippen LogP contribution < -0.4 is 21.1 Å². The number of rotatable bonds is 8. The quantitative estimate of drug-likeness (QED) is 0.643. The normalized spacial score (nSPS) is 12.8. The Morgan fingerprint density at radius 3 is 2.42 bits per heavy atom. The highest BCUT2D eigenvalue weighted by Crippen LogP contribution is 2.23. The number of carbonyl (C=O) groups excluding carboxylic acids is 2. The van der Waals surface area contributed by atoms with Crippen LogP contribution in [0.15, 0.2) is 24.3 Å². The van der Waals surface area contributed by atoms with E-state index in [0.717, 1.165) is 0 Å². The summed E-state index contributed by atoms with van der Waals surface area (Å²) < 4.78 is 5.64. The first-order valence-electron chi connectivity index (χ1n) is 7.52. The zero-order valence-corrected chi connectivity index (χ0v) is 15.6. The van der Waals surface area contributed by atoms with E-state index >= 15 is 0 Å². The van der Waals surface area contributed by atoms with Crippen molar-refractivity contribution < 1.29 is 14.3 Å². The van der Waals surface area contributed by atoms with Crippen molar-refractivity contribution in [3.63, 3.8) is 0 Å². The van der Waals surface area contributed by atoms with Crippen LogP contribution in [-0.2, 0) is 9.59 Å². The second-order valence-electron chi connectivity index (χ2n) is 5.65. The van der Waals surface area contributed by atoms with Gasteiger partial charge >= 0.3 is 0 Å². The molecule has 0 aliphatic heterocycles. The van der Waals surface area contributed by atoms with E-state index in [-0.39, 0.29) is 42.8 Å². The van der Waals surface area contributed by atoms with Crippen LogP contribution in [0.4, 0.5) is 0 Å². The molecule has 1 unspecified atom stereocenters. The minimum Gasteiger partial charge on any atom is -0.487 e. The van der Waals surface area contributed by atoms with E-state index in [4.69, 9.17) is 22.1 Å². The maximum atomic E-state index is 11.7. The Bertz CT molecular complexity index is 541. The summed E-state index contributed by atoms with van der Waals surface area (Å²) in [5.74, 6) is -0.0614. The van der Waals surface area contributed by atoms with Crippen molar-refractivity contribution >= 4 is 35.8 Å². The molecule has 0 spiro atoms. The number of hydrogen-bond donors (Lipinski definition) is 3. The van der Waals surface area contributed by atoms with Crippen molar-refractivity contribution in [1.82, 2.24) is 10.6 Å². The van der Waals surface area contributed by atoms with Crippen molar-refractivity contribution in [2.24, 2.45) is 11.7 Å². The molecular weight excluding hydrogens is 353 g/mol. The van der Waals surface area contributed by atoms with Crippen LogP contribution in [-0.4, -0.2) is 37.0 Å². The smallest absolute Gasteiger partial charge is 0.239 e. The summed E-state index contributed by atoms with van der Waals surface area (Å²) in [5.41, 5.74) is 5.69. The lowest BCUT2D eigenvalue weighted by Crippen LogP contribution is -2.47. The van der Waals surface area contributed by atoms with Gasteiger partial charge in [-0.05, 0) is 25.0 Å². The molecule has 0 aliphatic carbocycles. The molecule has 0 bridgehead atoms. The Kier molecular flexibility index (Phi) is 10.4. The summed E-state index contributed by atoms with van der Waals surface area (Å²) in [6, 6.07) is 6.50. The minimum atomic E-state index is -0.620. The molecule has 2 atom stereocenters. The monoisotopic (exact) mass is 377 g/mol. The third kappa shape index (κ3) is 7.86. The van der Waals surface area contributed by atoms with Gasteiger partial charge in [0.1, 0.15) is 11.9 Å². The zero-order valence-electron chi connectivity index (χ0n) is 14.0. The molecule has 0 aromatic heterocycles. The third-order valence-corrected chi connectivity index (χ3v) is 3.51. The van der Waals surface area contributed by atoms with E-state index in [1.54, 1.807) is 12.1 Å². The topological polar surface area (TPSA) is 93.5 Å². The van der Waals surface area contributed by atoms with Gasteiger partial charge in [0.05, 0.1) is 24.2 Å². The van der Waals surface area contributed by atoms with Crippen LogP contribution >= 0.6 is 24.0 Å². The molecule has 0 saturated heterocycles. The molecule has 1 aromatic rings. The Morgan fingerprint density at radius 2 is 1.83 bits per heavy atom. The fourth-order valence-corrected chi connectivity index (χ4v) is 1.89. The van der Waals surface area contributed by atoms with E-state index < -0.39 is 6.04 Å². The Balaban J connectivity index is 0.00000529. The number of hydrogen-bond acceptors (Lipinski definition) is 4. The number of halogens is 2. The fourth-order valence-electron chi connectivity index (χ4n) is 1.71. The predicted molar refractivity (Wildman–Crippen MR) is 97.6 cm³/mol. The Morgan fingerprint density at radius 1 is 1.21 bits per heavy atom. The van der Waals surface area contributed by atoms with Crippen molar-refractivity contribution in [1.29, 1.82) is 0 Å². The van der Waals surface area contributed by atoms with Gasteiger partial charge in [-0.3, -0.25) is 9.59 Å². The highest BCUT2D eigenvalue weighted by molar-refractivity contribution is 6.32. The number of para-hydroxylation sites is 1. The number of nitrogens with two attached hydrogens (primary N) is 1. The first-order valence-corrected chi connectivity index (χ1v) is 7.90. The van der Waals surface area contributed by atoms with Crippen LogP contribution in [0, 0.1) is 5.92 Å². The number of nitrogens with one attached hydrogen (secondary N) is 2. The SMILES string of the molecule is CC(CNC(=O)CNC(=O)[C@@H](N)C(C)C)Oc1ccccc1Cl.Cl. The van der Waals surface area contributed by atoms with E-state index in [0.29, 0.717) is 17.3 Å². The van der Waals surface area contributed by atoms with Gasteiger partial charge in [-0.25, -0.2) is 0 Å². The predicted octanol–water partition coefficient (Wildman–Crippen LogP) is 1.74. The maximum absolute atomic E-state index is 11.7. The van der Waals surface area contributed by atoms with Crippen molar-refractivity contribution in [2.45, 2.75) is 32.9 Å².